The van der Waals surface area contributed by atoms with E-state index < -0.39 is 0 Å². The molecule has 1 saturated heterocycles. The molecule has 1 aliphatic carbocycles. The fourth-order valence-corrected chi connectivity index (χ4v) is 4.43. The second-order valence-electron chi connectivity index (χ2n) is 8.51. The van der Waals surface area contributed by atoms with Crippen molar-refractivity contribution in [3.05, 3.63) is 17.0 Å². The van der Waals surface area contributed by atoms with E-state index in [4.69, 9.17) is 9.84 Å². The summed E-state index contributed by atoms with van der Waals surface area (Å²) < 4.78 is 7.91. The number of aryl methyl sites for hydroxylation is 1. The highest BCUT2D eigenvalue weighted by atomic mass is 16.5. The number of nitrogens with zero attached hydrogens (tertiary/aromatic N) is 3. The van der Waals surface area contributed by atoms with E-state index in [1.807, 2.05) is 0 Å². The van der Waals surface area contributed by atoms with E-state index in [9.17, 15) is 5.11 Å². The van der Waals surface area contributed by atoms with Crippen LogP contribution in [0.15, 0.2) is 0 Å². The molecule has 0 bridgehead atoms. The molecular formula is C19H33N3O2. The van der Waals surface area contributed by atoms with Crippen molar-refractivity contribution in [2.24, 2.45) is 5.92 Å². The maximum atomic E-state index is 10.3. The number of aliphatic hydroxyl groups excluding tert-OH is 1. The minimum absolute atomic E-state index is 0.000843. The van der Waals surface area contributed by atoms with Crippen LogP contribution in [0.5, 0.6) is 0 Å². The van der Waals surface area contributed by atoms with Crippen molar-refractivity contribution >= 4 is 0 Å². The Morgan fingerprint density at radius 2 is 2.00 bits per heavy atom. The fraction of sp³-hybridized carbons (Fsp3) is 0.842. The van der Waals surface area contributed by atoms with Crippen molar-refractivity contribution in [3.63, 3.8) is 0 Å². The SMILES string of the molecule is Cc1nn(C(C)(C)C)c(C)c1CN1CCOCC1C1CCCC1O. The van der Waals surface area contributed by atoms with Gasteiger partial charge in [-0.25, -0.2) is 0 Å². The lowest BCUT2D eigenvalue weighted by molar-refractivity contribution is -0.0537. The van der Waals surface area contributed by atoms with Gasteiger partial charge in [-0.2, -0.15) is 5.10 Å². The Hall–Kier alpha value is -0.910. The van der Waals surface area contributed by atoms with E-state index in [0.29, 0.717) is 12.0 Å². The van der Waals surface area contributed by atoms with Crippen molar-refractivity contribution < 1.29 is 9.84 Å². The molecule has 5 heteroatoms. The molecule has 3 atom stereocenters. The zero-order valence-corrected chi connectivity index (χ0v) is 15.9. The number of ether oxygens (including phenoxy) is 1. The zero-order chi connectivity index (χ0) is 17.5. The van der Waals surface area contributed by atoms with Crippen LogP contribution in [-0.2, 0) is 16.8 Å². The molecule has 1 aromatic heterocycles. The molecule has 1 N–H and O–H groups in total. The Balaban J connectivity index is 1.82. The smallest absolute Gasteiger partial charge is 0.0641 e. The number of morpholine rings is 1. The first-order chi connectivity index (χ1) is 11.3. The van der Waals surface area contributed by atoms with Crippen molar-refractivity contribution in [1.82, 2.24) is 14.7 Å². The Labute approximate surface area is 146 Å². The molecule has 5 nitrogen and oxygen atoms in total. The molecule has 2 aliphatic rings. The summed E-state index contributed by atoms with van der Waals surface area (Å²) in [4.78, 5) is 2.52. The summed E-state index contributed by atoms with van der Waals surface area (Å²) >= 11 is 0. The highest BCUT2D eigenvalue weighted by molar-refractivity contribution is 5.25. The third-order valence-corrected chi connectivity index (χ3v) is 5.74. The van der Waals surface area contributed by atoms with Gasteiger partial charge in [0.25, 0.3) is 0 Å². The van der Waals surface area contributed by atoms with Crippen LogP contribution < -0.4 is 0 Å². The number of aromatic nitrogens is 2. The van der Waals surface area contributed by atoms with Gasteiger partial charge in [-0.1, -0.05) is 6.42 Å². The lowest BCUT2D eigenvalue weighted by Crippen LogP contribution is -2.50. The molecule has 1 saturated carbocycles. The predicted molar refractivity (Wildman–Crippen MR) is 95.1 cm³/mol. The first kappa shape index (κ1) is 17.9. The Morgan fingerprint density at radius 3 is 2.58 bits per heavy atom. The van der Waals surface area contributed by atoms with E-state index >= 15 is 0 Å². The van der Waals surface area contributed by atoms with Gasteiger partial charge in [-0.3, -0.25) is 9.58 Å². The van der Waals surface area contributed by atoms with E-state index in [2.05, 4.69) is 44.2 Å². The van der Waals surface area contributed by atoms with E-state index in [1.165, 1.54) is 11.3 Å². The fourth-order valence-electron chi connectivity index (χ4n) is 4.43. The molecule has 0 radical (unpaired) electrons. The van der Waals surface area contributed by atoms with Gasteiger partial charge in [-0.15, -0.1) is 0 Å². The zero-order valence-electron chi connectivity index (χ0n) is 15.9. The predicted octanol–water partition coefficient (Wildman–Crippen LogP) is 2.62. The summed E-state index contributed by atoms with van der Waals surface area (Å²) in [5.41, 5.74) is 3.72. The Bertz CT molecular complexity index is 576. The molecule has 0 spiro atoms. The van der Waals surface area contributed by atoms with Gasteiger partial charge in [0.15, 0.2) is 0 Å². The van der Waals surface area contributed by atoms with Crippen molar-refractivity contribution in [1.29, 1.82) is 0 Å². The largest absolute Gasteiger partial charge is 0.393 e. The summed E-state index contributed by atoms with van der Waals surface area (Å²) in [6, 6.07) is 0.327. The molecule has 3 rings (SSSR count). The Kier molecular flexibility index (Phi) is 5.05. The minimum atomic E-state index is -0.168. The van der Waals surface area contributed by atoms with Gasteiger partial charge in [0.05, 0.1) is 30.6 Å². The first-order valence-corrected chi connectivity index (χ1v) is 9.34. The van der Waals surface area contributed by atoms with Crippen LogP contribution in [0.25, 0.3) is 0 Å². The average Bonchev–Trinajstić information content (AvgIpc) is 3.05. The number of hydrogen-bond donors (Lipinski definition) is 1. The van der Waals surface area contributed by atoms with Crippen molar-refractivity contribution in [2.45, 2.75) is 78.1 Å². The lowest BCUT2D eigenvalue weighted by Gasteiger charge is -2.40. The van der Waals surface area contributed by atoms with Crippen LogP contribution in [0.3, 0.4) is 0 Å². The van der Waals surface area contributed by atoms with Crippen LogP contribution in [0.2, 0.25) is 0 Å². The van der Waals surface area contributed by atoms with E-state index in [0.717, 1.165) is 51.3 Å². The molecule has 1 aliphatic heterocycles. The second kappa shape index (κ2) is 6.77. The van der Waals surface area contributed by atoms with Gasteiger partial charge in [-0.05, 0) is 47.5 Å². The van der Waals surface area contributed by atoms with Gasteiger partial charge in [0.2, 0.25) is 0 Å². The van der Waals surface area contributed by atoms with E-state index in [-0.39, 0.29) is 11.6 Å². The normalized spacial score (nSPS) is 29.3. The summed E-state index contributed by atoms with van der Waals surface area (Å²) in [5.74, 6) is 0.351. The number of aliphatic hydroxyl groups is 1. The monoisotopic (exact) mass is 335 g/mol. The summed E-state index contributed by atoms with van der Waals surface area (Å²) in [6.45, 7) is 14.3. The first-order valence-electron chi connectivity index (χ1n) is 9.34. The standard InChI is InChI=1S/C19H33N3O2/c1-13-16(14(2)22(20-13)19(3,4)5)11-21-9-10-24-12-17(21)15-7-6-8-18(15)23/h15,17-18,23H,6-12H2,1-5H3. The maximum absolute atomic E-state index is 10.3. The third-order valence-electron chi connectivity index (χ3n) is 5.74. The van der Waals surface area contributed by atoms with Crippen LogP contribution in [0.4, 0.5) is 0 Å². The highest BCUT2D eigenvalue weighted by Crippen LogP contribution is 2.33. The molecule has 0 amide bonds. The molecule has 3 unspecified atom stereocenters. The van der Waals surface area contributed by atoms with Crippen LogP contribution in [0, 0.1) is 19.8 Å². The van der Waals surface area contributed by atoms with Crippen LogP contribution >= 0.6 is 0 Å². The van der Waals surface area contributed by atoms with E-state index in [1.54, 1.807) is 0 Å². The topological polar surface area (TPSA) is 50.5 Å². The molecule has 2 heterocycles. The maximum Gasteiger partial charge on any atom is 0.0641 e. The van der Waals surface area contributed by atoms with Crippen molar-refractivity contribution in [2.75, 3.05) is 19.8 Å². The Morgan fingerprint density at radius 1 is 1.25 bits per heavy atom. The summed E-state index contributed by atoms with van der Waals surface area (Å²) in [5, 5.41) is 15.1. The highest BCUT2D eigenvalue weighted by Gasteiger charge is 2.38. The molecule has 1 aromatic rings. The van der Waals surface area contributed by atoms with Gasteiger partial charge >= 0.3 is 0 Å². The van der Waals surface area contributed by atoms with Crippen LogP contribution in [0.1, 0.15) is 57.0 Å². The molecule has 0 aromatic carbocycles. The molecule has 24 heavy (non-hydrogen) atoms. The van der Waals surface area contributed by atoms with Crippen LogP contribution in [-0.4, -0.2) is 51.7 Å². The molecular weight excluding hydrogens is 302 g/mol. The number of rotatable bonds is 3. The summed E-state index contributed by atoms with van der Waals surface area (Å²) in [7, 11) is 0. The molecule has 136 valence electrons. The lowest BCUT2D eigenvalue weighted by atomic mass is 9.93. The third kappa shape index (κ3) is 3.39. The molecule has 2 fully saturated rings. The quantitative estimate of drug-likeness (QED) is 0.922. The average molecular weight is 335 g/mol. The second-order valence-corrected chi connectivity index (χ2v) is 8.51. The van der Waals surface area contributed by atoms with Gasteiger partial charge in [0.1, 0.15) is 0 Å². The van der Waals surface area contributed by atoms with Gasteiger partial charge < -0.3 is 9.84 Å². The summed E-state index contributed by atoms with van der Waals surface area (Å²) in [6.07, 6.45) is 3.02. The number of hydrogen-bond acceptors (Lipinski definition) is 4. The van der Waals surface area contributed by atoms with Crippen molar-refractivity contribution in [3.8, 4) is 0 Å². The minimum Gasteiger partial charge on any atom is -0.393 e. The van der Waals surface area contributed by atoms with Gasteiger partial charge in [0, 0.05) is 36.3 Å².